The lowest BCUT2D eigenvalue weighted by atomic mass is 9.44. The van der Waals surface area contributed by atoms with Crippen molar-refractivity contribution in [2.75, 3.05) is 6.61 Å². The first-order chi connectivity index (χ1) is 11.4. The van der Waals surface area contributed by atoms with Crippen LogP contribution in [0.15, 0.2) is 0 Å². The molecule has 138 valence electrons. The van der Waals surface area contributed by atoms with Crippen LogP contribution in [0.4, 0.5) is 0 Å². The zero-order valence-electron chi connectivity index (χ0n) is 16.0. The fourth-order valence-corrected chi connectivity index (χ4v) is 8.34. The molecule has 0 aromatic heterocycles. The van der Waals surface area contributed by atoms with E-state index in [9.17, 15) is 10.2 Å². The monoisotopic (exact) mass is 334 g/mol. The summed E-state index contributed by atoms with van der Waals surface area (Å²) in [4.78, 5) is 0. The number of aliphatic hydroxyl groups is 2. The first-order valence-electron chi connectivity index (χ1n) is 10.7. The van der Waals surface area contributed by atoms with Gasteiger partial charge < -0.3 is 10.2 Å². The molecule has 4 aliphatic rings. The lowest BCUT2D eigenvalue weighted by molar-refractivity contribution is -0.130. The lowest BCUT2D eigenvalue weighted by Crippen LogP contribution is -2.54. The molecule has 24 heavy (non-hydrogen) atoms. The SMILES string of the molecule is CC(CO)C1CCC2C3CCC4CC(O)CCC4(C)C3CCC12C. The largest absolute Gasteiger partial charge is 0.396 e. The molecule has 0 radical (unpaired) electrons. The normalized spacial score (nSPS) is 55.4. The molecule has 2 N–H and O–H groups in total. The average Bonchev–Trinajstić information content (AvgIpc) is 2.92. The lowest BCUT2D eigenvalue weighted by Gasteiger charge is -2.61. The summed E-state index contributed by atoms with van der Waals surface area (Å²) in [6, 6.07) is 0. The maximum atomic E-state index is 10.1. The third-order valence-corrected chi connectivity index (χ3v) is 9.69. The van der Waals surface area contributed by atoms with E-state index in [0.29, 0.717) is 23.4 Å². The van der Waals surface area contributed by atoms with Gasteiger partial charge in [-0.15, -0.1) is 0 Å². The van der Waals surface area contributed by atoms with Crippen LogP contribution in [0.3, 0.4) is 0 Å². The Morgan fingerprint density at radius 1 is 0.917 bits per heavy atom. The highest BCUT2D eigenvalue weighted by Crippen LogP contribution is 2.68. The third kappa shape index (κ3) is 2.35. The van der Waals surface area contributed by atoms with E-state index in [1.165, 1.54) is 44.9 Å². The molecule has 0 bridgehead atoms. The molecule has 0 aliphatic heterocycles. The molecule has 0 aromatic rings. The number of rotatable bonds is 2. The first kappa shape index (κ1) is 17.3. The predicted octanol–water partition coefficient (Wildman–Crippen LogP) is 4.63. The van der Waals surface area contributed by atoms with Gasteiger partial charge in [0.05, 0.1) is 6.10 Å². The number of fused-ring (bicyclic) bond motifs is 5. The summed E-state index contributed by atoms with van der Waals surface area (Å²) in [6.45, 7) is 7.77. The van der Waals surface area contributed by atoms with Crippen LogP contribution in [0.5, 0.6) is 0 Å². The van der Waals surface area contributed by atoms with Crippen LogP contribution in [0.1, 0.15) is 78.6 Å². The van der Waals surface area contributed by atoms with Crippen LogP contribution in [-0.4, -0.2) is 22.9 Å². The Kier molecular flexibility index (Phi) is 4.32. The molecular formula is C22H38O2. The van der Waals surface area contributed by atoms with E-state index in [1.54, 1.807) is 0 Å². The quantitative estimate of drug-likeness (QED) is 0.772. The number of aliphatic hydroxyl groups excluding tert-OH is 2. The predicted molar refractivity (Wildman–Crippen MR) is 97.5 cm³/mol. The highest BCUT2D eigenvalue weighted by Gasteiger charge is 2.60. The minimum atomic E-state index is -0.0326. The Hall–Kier alpha value is -0.0800. The Balaban J connectivity index is 1.59. The zero-order valence-corrected chi connectivity index (χ0v) is 16.0. The standard InChI is InChI=1S/C22H38O2/c1-14(13-23)18-6-7-19-17-5-4-15-12-16(24)8-10-21(15,2)20(17)9-11-22(18,19)3/h14-20,23-24H,4-13H2,1-3H3. The van der Waals surface area contributed by atoms with Crippen molar-refractivity contribution in [3.05, 3.63) is 0 Å². The second-order valence-electron chi connectivity index (χ2n) is 10.5. The summed E-state index contributed by atoms with van der Waals surface area (Å²) in [5.41, 5.74) is 0.963. The fourth-order valence-electron chi connectivity index (χ4n) is 8.34. The molecule has 0 saturated heterocycles. The minimum Gasteiger partial charge on any atom is -0.396 e. The van der Waals surface area contributed by atoms with E-state index >= 15 is 0 Å². The van der Waals surface area contributed by atoms with Gasteiger partial charge in [0.1, 0.15) is 0 Å². The molecule has 0 aromatic carbocycles. The topological polar surface area (TPSA) is 40.5 Å². The molecule has 0 spiro atoms. The molecular weight excluding hydrogens is 296 g/mol. The highest BCUT2D eigenvalue weighted by molar-refractivity contribution is 5.09. The summed E-state index contributed by atoms with van der Waals surface area (Å²) < 4.78 is 0. The molecule has 0 heterocycles. The van der Waals surface area contributed by atoms with Crippen LogP contribution >= 0.6 is 0 Å². The summed E-state index contributed by atoms with van der Waals surface area (Å²) in [5, 5.41) is 19.9. The van der Waals surface area contributed by atoms with E-state index in [-0.39, 0.29) is 6.10 Å². The molecule has 0 amide bonds. The zero-order chi connectivity index (χ0) is 17.1. The molecule has 9 unspecified atom stereocenters. The maximum Gasteiger partial charge on any atom is 0.0543 e. The molecule has 2 heteroatoms. The van der Waals surface area contributed by atoms with Crippen molar-refractivity contribution in [3.8, 4) is 0 Å². The Morgan fingerprint density at radius 2 is 1.62 bits per heavy atom. The number of hydrogen-bond donors (Lipinski definition) is 2. The van der Waals surface area contributed by atoms with E-state index < -0.39 is 0 Å². The Morgan fingerprint density at radius 3 is 2.38 bits per heavy atom. The molecule has 4 aliphatic carbocycles. The Bertz CT molecular complexity index is 477. The van der Waals surface area contributed by atoms with E-state index in [1.807, 2.05) is 0 Å². The molecule has 4 saturated carbocycles. The molecule has 2 nitrogen and oxygen atoms in total. The van der Waals surface area contributed by atoms with Gasteiger partial charge in [0.2, 0.25) is 0 Å². The van der Waals surface area contributed by atoms with Crippen molar-refractivity contribution in [1.29, 1.82) is 0 Å². The van der Waals surface area contributed by atoms with Gasteiger partial charge in [0.15, 0.2) is 0 Å². The summed E-state index contributed by atoms with van der Waals surface area (Å²) >= 11 is 0. The van der Waals surface area contributed by atoms with Crippen molar-refractivity contribution < 1.29 is 10.2 Å². The second kappa shape index (κ2) is 5.98. The average molecular weight is 335 g/mol. The van der Waals surface area contributed by atoms with E-state index in [4.69, 9.17) is 0 Å². The number of hydrogen-bond acceptors (Lipinski definition) is 2. The van der Waals surface area contributed by atoms with Gasteiger partial charge in [-0.3, -0.25) is 0 Å². The van der Waals surface area contributed by atoms with Crippen LogP contribution in [0.25, 0.3) is 0 Å². The van der Waals surface area contributed by atoms with Crippen LogP contribution in [0, 0.1) is 46.3 Å². The summed E-state index contributed by atoms with van der Waals surface area (Å²) in [7, 11) is 0. The van der Waals surface area contributed by atoms with Gasteiger partial charge in [-0.25, -0.2) is 0 Å². The van der Waals surface area contributed by atoms with Crippen molar-refractivity contribution >= 4 is 0 Å². The van der Waals surface area contributed by atoms with E-state index in [2.05, 4.69) is 20.8 Å². The van der Waals surface area contributed by atoms with Gasteiger partial charge in [-0.1, -0.05) is 20.8 Å². The van der Waals surface area contributed by atoms with Gasteiger partial charge in [0, 0.05) is 6.61 Å². The summed E-state index contributed by atoms with van der Waals surface area (Å²) in [5.74, 6) is 4.65. The fraction of sp³-hybridized carbons (Fsp3) is 1.00. The smallest absolute Gasteiger partial charge is 0.0543 e. The van der Waals surface area contributed by atoms with Crippen LogP contribution in [-0.2, 0) is 0 Å². The minimum absolute atomic E-state index is 0.0326. The van der Waals surface area contributed by atoms with Gasteiger partial charge >= 0.3 is 0 Å². The molecule has 4 rings (SSSR count). The van der Waals surface area contributed by atoms with Crippen molar-refractivity contribution in [2.45, 2.75) is 84.7 Å². The van der Waals surface area contributed by atoms with Gasteiger partial charge in [-0.2, -0.15) is 0 Å². The maximum absolute atomic E-state index is 10.1. The first-order valence-corrected chi connectivity index (χ1v) is 10.7. The molecule has 9 atom stereocenters. The molecule has 4 fully saturated rings. The summed E-state index contributed by atoms with van der Waals surface area (Å²) in [6.07, 6.45) is 11.6. The third-order valence-electron chi connectivity index (χ3n) is 9.69. The van der Waals surface area contributed by atoms with Crippen molar-refractivity contribution in [2.24, 2.45) is 46.3 Å². The van der Waals surface area contributed by atoms with Gasteiger partial charge in [-0.05, 0) is 104 Å². The second-order valence-corrected chi connectivity index (χ2v) is 10.5. The van der Waals surface area contributed by atoms with Crippen LogP contribution in [0.2, 0.25) is 0 Å². The van der Waals surface area contributed by atoms with E-state index in [0.717, 1.165) is 42.4 Å². The highest BCUT2D eigenvalue weighted by atomic mass is 16.3. The van der Waals surface area contributed by atoms with Crippen molar-refractivity contribution in [3.63, 3.8) is 0 Å². The van der Waals surface area contributed by atoms with Crippen molar-refractivity contribution in [1.82, 2.24) is 0 Å². The van der Waals surface area contributed by atoms with Crippen LogP contribution < -0.4 is 0 Å². The Labute approximate surface area is 148 Å². The van der Waals surface area contributed by atoms with Gasteiger partial charge in [0.25, 0.3) is 0 Å².